The van der Waals surface area contributed by atoms with Crippen LogP contribution in [-0.2, 0) is 0 Å². The van der Waals surface area contributed by atoms with Crippen LogP contribution < -0.4 is 4.90 Å². The maximum atomic E-state index is 9.82. The van der Waals surface area contributed by atoms with Gasteiger partial charge in [-0.05, 0) is 68.0 Å². The molecule has 5 heteroatoms. The van der Waals surface area contributed by atoms with E-state index in [4.69, 9.17) is 0 Å². The number of anilines is 1. The maximum Gasteiger partial charge on any atom is 0.135 e. The predicted molar refractivity (Wildman–Crippen MR) is 116 cm³/mol. The molecule has 0 atom stereocenters. The van der Waals surface area contributed by atoms with Crippen molar-refractivity contribution >= 4 is 48.7 Å². The summed E-state index contributed by atoms with van der Waals surface area (Å²) in [5.74, 6) is 0. The molecule has 0 fully saturated rings. The first-order valence-electron chi connectivity index (χ1n) is 8.49. The van der Waals surface area contributed by atoms with E-state index in [0.29, 0.717) is 5.57 Å². The van der Waals surface area contributed by atoms with Crippen LogP contribution in [0.2, 0.25) is 0 Å². The molecule has 1 aromatic heterocycles. The zero-order chi connectivity index (χ0) is 19.0. The van der Waals surface area contributed by atoms with Crippen LogP contribution in [0.1, 0.15) is 18.9 Å². The summed E-state index contributed by atoms with van der Waals surface area (Å²) in [5, 5.41) is 10.6. The van der Waals surface area contributed by atoms with Gasteiger partial charge in [0, 0.05) is 21.6 Å². The van der Waals surface area contributed by atoms with Crippen molar-refractivity contribution in [1.82, 2.24) is 4.98 Å². The molecular formula is C22H16BrN3S. The molecule has 3 nitrogen and oxygen atoms in total. The lowest BCUT2D eigenvalue weighted by Gasteiger charge is -2.30. The standard InChI is InChI=1S/C22H16BrN3S/c1-14-11-16(12-15(2)26(14)18-9-7-17(23)8-10-18)19(13-24)22-25-20-5-3-4-6-21(20)27-22/h3-12H,1-2H3. The van der Waals surface area contributed by atoms with Gasteiger partial charge in [-0.1, -0.05) is 28.1 Å². The number of fused-ring (bicyclic) bond motifs is 1. The van der Waals surface area contributed by atoms with Gasteiger partial charge in [0.15, 0.2) is 0 Å². The second-order valence-corrected chi connectivity index (χ2v) is 8.26. The van der Waals surface area contributed by atoms with Crippen LogP contribution in [0.15, 0.2) is 82.1 Å². The smallest absolute Gasteiger partial charge is 0.135 e. The van der Waals surface area contributed by atoms with Gasteiger partial charge in [-0.15, -0.1) is 11.3 Å². The van der Waals surface area contributed by atoms with Gasteiger partial charge in [-0.25, -0.2) is 4.98 Å². The zero-order valence-electron chi connectivity index (χ0n) is 14.9. The number of hydrogen-bond donors (Lipinski definition) is 0. The quantitative estimate of drug-likeness (QED) is 0.423. The van der Waals surface area contributed by atoms with E-state index < -0.39 is 0 Å². The largest absolute Gasteiger partial charge is 0.318 e. The topological polar surface area (TPSA) is 39.9 Å². The highest BCUT2D eigenvalue weighted by Gasteiger charge is 2.19. The zero-order valence-corrected chi connectivity index (χ0v) is 17.3. The Kier molecular flexibility index (Phi) is 4.69. The molecule has 0 saturated heterocycles. The van der Waals surface area contributed by atoms with Gasteiger partial charge in [0.1, 0.15) is 11.1 Å². The van der Waals surface area contributed by atoms with E-state index in [1.165, 1.54) is 0 Å². The summed E-state index contributed by atoms with van der Waals surface area (Å²) in [5.41, 5.74) is 5.69. The summed E-state index contributed by atoms with van der Waals surface area (Å²) in [6, 6.07) is 18.6. The highest BCUT2D eigenvalue weighted by molar-refractivity contribution is 9.10. The van der Waals surface area contributed by atoms with Gasteiger partial charge in [-0.3, -0.25) is 0 Å². The van der Waals surface area contributed by atoms with Crippen molar-refractivity contribution in [2.24, 2.45) is 0 Å². The lowest BCUT2D eigenvalue weighted by Crippen LogP contribution is -2.21. The summed E-state index contributed by atoms with van der Waals surface area (Å²) in [7, 11) is 0. The molecule has 132 valence electrons. The Balaban J connectivity index is 1.79. The van der Waals surface area contributed by atoms with Crippen molar-refractivity contribution in [3.8, 4) is 6.07 Å². The van der Waals surface area contributed by atoms with E-state index in [2.05, 4.69) is 70.0 Å². The molecule has 0 aliphatic carbocycles. The van der Waals surface area contributed by atoms with Crippen LogP contribution >= 0.6 is 27.3 Å². The van der Waals surface area contributed by atoms with Gasteiger partial charge in [0.25, 0.3) is 0 Å². The number of para-hydroxylation sites is 1. The average molecular weight is 434 g/mol. The van der Waals surface area contributed by atoms with Crippen LogP contribution in [0.3, 0.4) is 0 Å². The molecule has 0 N–H and O–H groups in total. The van der Waals surface area contributed by atoms with Crippen LogP contribution in [-0.4, -0.2) is 4.98 Å². The lowest BCUT2D eigenvalue weighted by molar-refractivity contribution is 1.04. The molecule has 0 bridgehead atoms. The fourth-order valence-electron chi connectivity index (χ4n) is 3.26. The molecule has 1 aliphatic rings. The van der Waals surface area contributed by atoms with Crippen molar-refractivity contribution in [3.05, 3.63) is 87.1 Å². The van der Waals surface area contributed by atoms with E-state index >= 15 is 0 Å². The van der Waals surface area contributed by atoms with E-state index in [9.17, 15) is 5.26 Å². The van der Waals surface area contributed by atoms with Gasteiger partial charge < -0.3 is 4.90 Å². The fourth-order valence-corrected chi connectivity index (χ4v) is 4.50. The number of benzene rings is 2. The van der Waals surface area contributed by atoms with Crippen molar-refractivity contribution in [1.29, 1.82) is 5.26 Å². The number of allylic oxidation sites excluding steroid dienone is 6. The summed E-state index contributed by atoms with van der Waals surface area (Å²) < 4.78 is 2.14. The molecule has 4 rings (SSSR count). The maximum absolute atomic E-state index is 9.82. The predicted octanol–water partition coefficient (Wildman–Crippen LogP) is 6.66. The summed E-state index contributed by atoms with van der Waals surface area (Å²) >= 11 is 5.04. The first-order chi connectivity index (χ1) is 13.1. The number of halogens is 1. The van der Waals surface area contributed by atoms with E-state index in [0.717, 1.165) is 42.4 Å². The summed E-state index contributed by atoms with van der Waals surface area (Å²) in [4.78, 5) is 6.84. The monoisotopic (exact) mass is 433 g/mol. The molecule has 0 unspecified atom stereocenters. The number of nitriles is 1. The van der Waals surface area contributed by atoms with Crippen molar-refractivity contribution in [2.75, 3.05) is 4.90 Å². The third-order valence-electron chi connectivity index (χ3n) is 4.43. The van der Waals surface area contributed by atoms with Crippen molar-refractivity contribution in [2.45, 2.75) is 13.8 Å². The minimum atomic E-state index is 0.616. The number of hydrogen-bond acceptors (Lipinski definition) is 4. The SMILES string of the molecule is CC1=CC(=C(C#N)c2nc3ccccc3s2)C=C(C)N1c1ccc(Br)cc1. The van der Waals surface area contributed by atoms with E-state index in [1.807, 2.05) is 36.4 Å². The Morgan fingerprint density at radius 1 is 1.04 bits per heavy atom. The number of nitrogens with zero attached hydrogens (tertiary/aromatic N) is 3. The molecule has 0 amide bonds. The molecule has 0 radical (unpaired) electrons. The van der Waals surface area contributed by atoms with Crippen molar-refractivity contribution < 1.29 is 0 Å². The third-order valence-corrected chi connectivity index (χ3v) is 6.01. The van der Waals surface area contributed by atoms with Gasteiger partial charge >= 0.3 is 0 Å². The Labute approximate surface area is 170 Å². The second-order valence-electron chi connectivity index (χ2n) is 6.31. The minimum absolute atomic E-state index is 0.616. The van der Waals surface area contributed by atoms with Gasteiger partial charge in [-0.2, -0.15) is 5.26 Å². The fraction of sp³-hybridized carbons (Fsp3) is 0.0909. The molecule has 3 aromatic rings. The molecule has 27 heavy (non-hydrogen) atoms. The Hall–Kier alpha value is -2.68. The summed E-state index contributed by atoms with van der Waals surface area (Å²) in [6.45, 7) is 4.12. The molecule has 2 heterocycles. The van der Waals surface area contributed by atoms with E-state index in [1.54, 1.807) is 11.3 Å². The molecular weight excluding hydrogens is 418 g/mol. The highest BCUT2D eigenvalue weighted by atomic mass is 79.9. The third kappa shape index (κ3) is 3.34. The Morgan fingerprint density at radius 2 is 1.70 bits per heavy atom. The lowest BCUT2D eigenvalue weighted by atomic mass is 10.0. The number of thiazole rings is 1. The number of aromatic nitrogens is 1. The first kappa shape index (κ1) is 17.7. The molecule has 2 aromatic carbocycles. The average Bonchev–Trinajstić information content (AvgIpc) is 3.07. The van der Waals surface area contributed by atoms with Gasteiger partial charge in [0.2, 0.25) is 0 Å². The highest BCUT2D eigenvalue weighted by Crippen LogP contribution is 2.35. The Morgan fingerprint density at radius 3 is 2.33 bits per heavy atom. The first-order valence-corrected chi connectivity index (χ1v) is 10.1. The molecule has 1 aliphatic heterocycles. The summed E-state index contributed by atoms with van der Waals surface area (Å²) in [6.07, 6.45) is 4.11. The normalized spacial score (nSPS) is 14.0. The number of rotatable bonds is 2. The minimum Gasteiger partial charge on any atom is -0.318 e. The van der Waals surface area contributed by atoms with Crippen molar-refractivity contribution in [3.63, 3.8) is 0 Å². The van der Waals surface area contributed by atoms with Crippen LogP contribution in [0, 0.1) is 11.3 Å². The van der Waals surface area contributed by atoms with Crippen LogP contribution in [0.5, 0.6) is 0 Å². The Bertz CT molecular complexity index is 1110. The second kappa shape index (κ2) is 7.15. The molecule has 0 saturated carbocycles. The molecule has 0 spiro atoms. The van der Waals surface area contributed by atoms with Crippen LogP contribution in [0.25, 0.3) is 15.8 Å². The van der Waals surface area contributed by atoms with Gasteiger partial charge in [0.05, 0.1) is 15.8 Å². The van der Waals surface area contributed by atoms with Crippen LogP contribution in [0.4, 0.5) is 5.69 Å². The van der Waals surface area contributed by atoms with E-state index in [-0.39, 0.29) is 0 Å².